The zero-order valence-electron chi connectivity index (χ0n) is 9.60. The third-order valence-electron chi connectivity index (χ3n) is 2.35. The van der Waals surface area contributed by atoms with Crippen LogP contribution in [0.3, 0.4) is 0 Å². The molecule has 0 spiro atoms. The number of nitrogens with two attached hydrogens (primary N) is 1. The Morgan fingerprint density at radius 2 is 2.24 bits per heavy atom. The van der Waals surface area contributed by atoms with Crippen molar-refractivity contribution in [3.63, 3.8) is 0 Å². The van der Waals surface area contributed by atoms with Crippen LogP contribution in [0.25, 0.3) is 0 Å². The molecule has 92 valence electrons. The van der Waals surface area contributed by atoms with E-state index in [4.69, 9.17) is 5.73 Å². The van der Waals surface area contributed by atoms with Crippen LogP contribution < -0.4 is 11.1 Å². The highest BCUT2D eigenvalue weighted by Crippen LogP contribution is 2.20. The fraction of sp³-hybridized carbons (Fsp3) is 0.364. The summed E-state index contributed by atoms with van der Waals surface area (Å²) >= 11 is 0. The number of nitrogens with zero attached hydrogens (tertiary/aromatic N) is 1. The van der Waals surface area contributed by atoms with E-state index in [1.807, 2.05) is 6.92 Å². The highest BCUT2D eigenvalue weighted by molar-refractivity contribution is 5.94. The Balaban J connectivity index is 2.99. The molecule has 0 saturated carbocycles. The predicted molar refractivity (Wildman–Crippen MR) is 63.9 cm³/mol. The van der Waals surface area contributed by atoms with E-state index < -0.39 is 4.92 Å². The summed E-state index contributed by atoms with van der Waals surface area (Å²) in [6.07, 6.45) is 0.557. The fourth-order valence-corrected chi connectivity index (χ4v) is 1.46. The number of rotatable bonds is 5. The van der Waals surface area contributed by atoms with Gasteiger partial charge in [-0.15, -0.1) is 0 Å². The molecule has 3 N–H and O–H groups in total. The number of hydrogen-bond acceptors (Lipinski definition) is 4. The molecule has 1 aromatic carbocycles. The highest BCUT2D eigenvalue weighted by Gasteiger charge is 2.15. The monoisotopic (exact) mass is 237 g/mol. The first-order valence-electron chi connectivity index (χ1n) is 5.35. The molecule has 6 nitrogen and oxygen atoms in total. The van der Waals surface area contributed by atoms with Crippen LogP contribution in [0.15, 0.2) is 18.2 Å². The summed E-state index contributed by atoms with van der Waals surface area (Å²) in [7, 11) is 0. The van der Waals surface area contributed by atoms with E-state index in [0.717, 1.165) is 0 Å². The summed E-state index contributed by atoms with van der Waals surface area (Å²) in [6, 6.07) is 4.48. The molecule has 0 saturated heterocycles. The van der Waals surface area contributed by atoms with Crippen LogP contribution in [-0.4, -0.2) is 23.9 Å². The normalized spacial score (nSPS) is 10.0. The van der Waals surface area contributed by atoms with Crippen molar-refractivity contribution in [3.05, 3.63) is 39.4 Å². The second-order valence-corrected chi connectivity index (χ2v) is 3.50. The van der Waals surface area contributed by atoms with Gasteiger partial charge in [-0.3, -0.25) is 14.9 Å². The summed E-state index contributed by atoms with van der Waals surface area (Å²) < 4.78 is 0. The Morgan fingerprint density at radius 3 is 2.76 bits per heavy atom. The standard InChI is InChI=1S/C11H15N3O3/c1-2-8-3-4-9(7-10(8)14(16)17)11(15)13-6-5-12/h3-4,7H,2,5-6,12H2,1H3,(H,13,15). The predicted octanol–water partition coefficient (Wildman–Crippen LogP) is 0.846. The number of carbonyl (C=O) groups excluding carboxylic acids is 1. The molecule has 1 aromatic rings. The maximum absolute atomic E-state index is 11.6. The molecule has 0 aromatic heterocycles. The Hall–Kier alpha value is -1.95. The van der Waals surface area contributed by atoms with Crippen LogP contribution >= 0.6 is 0 Å². The number of nitro groups is 1. The number of hydrogen-bond donors (Lipinski definition) is 2. The first-order valence-corrected chi connectivity index (χ1v) is 5.35. The number of carbonyl (C=O) groups is 1. The van der Waals surface area contributed by atoms with Crippen molar-refractivity contribution in [2.24, 2.45) is 5.73 Å². The number of amides is 1. The fourth-order valence-electron chi connectivity index (χ4n) is 1.46. The third kappa shape index (κ3) is 3.25. The smallest absolute Gasteiger partial charge is 0.273 e. The third-order valence-corrected chi connectivity index (χ3v) is 2.35. The van der Waals surface area contributed by atoms with Gasteiger partial charge < -0.3 is 11.1 Å². The summed E-state index contributed by atoms with van der Waals surface area (Å²) in [6.45, 7) is 2.51. The van der Waals surface area contributed by atoms with E-state index in [2.05, 4.69) is 5.32 Å². The summed E-state index contributed by atoms with van der Waals surface area (Å²) in [5, 5.41) is 13.4. The van der Waals surface area contributed by atoms with Gasteiger partial charge in [-0.25, -0.2) is 0 Å². The molecule has 6 heteroatoms. The van der Waals surface area contributed by atoms with Crippen molar-refractivity contribution in [3.8, 4) is 0 Å². The maximum Gasteiger partial charge on any atom is 0.273 e. The van der Waals surface area contributed by atoms with Gasteiger partial charge in [0.05, 0.1) is 4.92 Å². The lowest BCUT2D eigenvalue weighted by Gasteiger charge is -2.05. The van der Waals surface area contributed by atoms with Gasteiger partial charge >= 0.3 is 0 Å². The van der Waals surface area contributed by atoms with Crippen molar-refractivity contribution < 1.29 is 9.72 Å². The summed E-state index contributed by atoms with van der Waals surface area (Å²) in [5.74, 6) is -0.346. The molecule has 0 aliphatic carbocycles. The topological polar surface area (TPSA) is 98.3 Å². The quantitative estimate of drug-likeness (QED) is 0.585. The molecule has 0 unspecified atom stereocenters. The molecule has 0 fully saturated rings. The zero-order chi connectivity index (χ0) is 12.8. The maximum atomic E-state index is 11.6. The molecule has 0 atom stereocenters. The van der Waals surface area contributed by atoms with E-state index in [1.165, 1.54) is 6.07 Å². The molecule has 0 bridgehead atoms. The van der Waals surface area contributed by atoms with Gasteiger partial charge in [0, 0.05) is 30.3 Å². The van der Waals surface area contributed by atoms with Gasteiger partial charge in [-0.1, -0.05) is 13.0 Å². The first kappa shape index (κ1) is 13.1. The van der Waals surface area contributed by atoms with Crippen molar-refractivity contribution >= 4 is 11.6 Å². The number of aryl methyl sites for hydroxylation is 1. The van der Waals surface area contributed by atoms with Gasteiger partial charge in [-0.05, 0) is 12.5 Å². The molecule has 0 heterocycles. The van der Waals surface area contributed by atoms with Crippen molar-refractivity contribution in [1.82, 2.24) is 5.32 Å². The van der Waals surface area contributed by atoms with Gasteiger partial charge in [0.25, 0.3) is 11.6 Å². The SMILES string of the molecule is CCc1ccc(C(=O)NCCN)cc1[N+](=O)[O-]. The highest BCUT2D eigenvalue weighted by atomic mass is 16.6. The molecule has 0 aliphatic heterocycles. The van der Waals surface area contributed by atoms with Gasteiger partial charge in [0.2, 0.25) is 0 Å². The average molecular weight is 237 g/mol. The Labute approximate surface area is 99.0 Å². The Morgan fingerprint density at radius 1 is 1.53 bits per heavy atom. The number of nitro benzene ring substituents is 1. The van der Waals surface area contributed by atoms with Crippen LogP contribution in [0.5, 0.6) is 0 Å². The molecule has 0 aliphatic rings. The second kappa shape index (κ2) is 5.95. The van der Waals surface area contributed by atoms with Gasteiger partial charge in [0.1, 0.15) is 0 Å². The molecule has 0 radical (unpaired) electrons. The number of nitrogens with one attached hydrogen (secondary N) is 1. The minimum Gasteiger partial charge on any atom is -0.351 e. The molecule has 1 rings (SSSR count). The Bertz CT molecular complexity index is 432. The van der Waals surface area contributed by atoms with Crippen LogP contribution in [0.1, 0.15) is 22.8 Å². The van der Waals surface area contributed by atoms with E-state index in [-0.39, 0.29) is 17.2 Å². The summed E-state index contributed by atoms with van der Waals surface area (Å²) in [4.78, 5) is 21.9. The van der Waals surface area contributed by atoms with Crippen molar-refractivity contribution in [2.75, 3.05) is 13.1 Å². The Kier molecular flexibility index (Phi) is 4.59. The number of benzene rings is 1. The molecular formula is C11H15N3O3. The molecule has 17 heavy (non-hydrogen) atoms. The van der Waals surface area contributed by atoms with Crippen molar-refractivity contribution in [2.45, 2.75) is 13.3 Å². The van der Waals surface area contributed by atoms with Crippen molar-refractivity contribution in [1.29, 1.82) is 0 Å². The van der Waals surface area contributed by atoms with Gasteiger partial charge in [-0.2, -0.15) is 0 Å². The molecular weight excluding hydrogens is 222 g/mol. The van der Waals surface area contributed by atoms with Crippen LogP contribution in [0.4, 0.5) is 5.69 Å². The molecule has 1 amide bonds. The van der Waals surface area contributed by atoms with Gasteiger partial charge in [0.15, 0.2) is 0 Å². The zero-order valence-corrected chi connectivity index (χ0v) is 9.60. The lowest BCUT2D eigenvalue weighted by molar-refractivity contribution is -0.385. The van der Waals surface area contributed by atoms with E-state index in [9.17, 15) is 14.9 Å². The minimum atomic E-state index is -0.474. The van der Waals surface area contributed by atoms with E-state index >= 15 is 0 Å². The lowest BCUT2D eigenvalue weighted by Crippen LogP contribution is -2.29. The lowest BCUT2D eigenvalue weighted by atomic mass is 10.1. The largest absolute Gasteiger partial charge is 0.351 e. The van der Waals surface area contributed by atoms with Crippen LogP contribution in [0.2, 0.25) is 0 Å². The van der Waals surface area contributed by atoms with E-state index in [0.29, 0.717) is 25.1 Å². The second-order valence-electron chi connectivity index (χ2n) is 3.50. The minimum absolute atomic E-state index is 0.0205. The average Bonchev–Trinajstić information content (AvgIpc) is 2.34. The van der Waals surface area contributed by atoms with E-state index in [1.54, 1.807) is 12.1 Å². The first-order chi connectivity index (χ1) is 8.10. The van der Waals surface area contributed by atoms with Crippen LogP contribution in [0, 0.1) is 10.1 Å². The van der Waals surface area contributed by atoms with Crippen LogP contribution in [-0.2, 0) is 6.42 Å². The summed E-state index contributed by atoms with van der Waals surface area (Å²) in [5.41, 5.74) is 6.13.